The molecular weight excluding hydrogens is 313 g/mol. The van der Waals surface area contributed by atoms with E-state index >= 15 is 0 Å². The molecule has 2 aliphatic heterocycles. The van der Waals surface area contributed by atoms with E-state index in [-0.39, 0.29) is 24.8 Å². The fourth-order valence-corrected chi connectivity index (χ4v) is 3.63. The number of rotatable bonds is 2. The molecule has 1 saturated heterocycles. The van der Waals surface area contributed by atoms with Crippen molar-refractivity contribution in [3.8, 4) is 0 Å². The largest absolute Gasteiger partial charge is 0.335 e. The van der Waals surface area contributed by atoms with Crippen LogP contribution < -0.4 is 5.32 Å². The first-order valence-electron chi connectivity index (χ1n) is 6.63. The summed E-state index contributed by atoms with van der Waals surface area (Å²) in [6.45, 7) is 6.65. The highest BCUT2D eigenvalue weighted by atomic mass is 35.5. The molecule has 0 aromatic heterocycles. The molecular formula is C14H21Cl2N3S. The molecule has 0 spiro atoms. The van der Waals surface area contributed by atoms with E-state index in [0.29, 0.717) is 5.25 Å². The highest BCUT2D eigenvalue weighted by Gasteiger charge is 2.24. The van der Waals surface area contributed by atoms with Gasteiger partial charge >= 0.3 is 0 Å². The normalized spacial score (nSPS) is 21.1. The second-order valence-corrected chi connectivity index (χ2v) is 6.11. The first kappa shape index (κ1) is 17.6. The van der Waals surface area contributed by atoms with Crippen LogP contribution in [-0.4, -0.2) is 35.0 Å². The van der Waals surface area contributed by atoms with Gasteiger partial charge < -0.3 is 10.2 Å². The van der Waals surface area contributed by atoms with Gasteiger partial charge in [-0.05, 0) is 31.1 Å². The zero-order valence-corrected chi connectivity index (χ0v) is 14.0. The first-order valence-corrected chi connectivity index (χ1v) is 7.51. The average molecular weight is 334 g/mol. The Balaban J connectivity index is 0.000001000. The van der Waals surface area contributed by atoms with E-state index in [2.05, 4.69) is 46.4 Å². The van der Waals surface area contributed by atoms with Gasteiger partial charge in [0.25, 0.3) is 0 Å². The van der Waals surface area contributed by atoms with Crippen LogP contribution in [0.4, 0.5) is 5.69 Å². The molecule has 20 heavy (non-hydrogen) atoms. The molecule has 1 aromatic rings. The quantitative estimate of drug-likeness (QED) is 0.895. The first-order chi connectivity index (χ1) is 8.85. The molecule has 1 aromatic carbocycles. The molecule has 2 heterocycles. The summed E-state index contributed by atoms with van der Waals surface area (Å²) in [5, 5.41) is 5.24. The van der Waals surface area contributed by atoms with Gasteiger partial charge in [0.15, 0.2) is 5.17 Å². The third kappa shape index (κ3) is 4.04. The highest BCUT2D eigenvalue weighted by Crippen LogP contribution is 2.28. The molecule has 3 nitrogen and oxygen atoms in total. The van der Waals surface area contributed by atoms with Crippen molar-refractivity contribution >= 4 is 47.4 Å². The van der Waals surface area contributed by atoms with Crippen molar-refractivity contribution < 1.29 is 0 Å². The molecule has 1 unspecified atom stereocenters. The molecule has 6 heteroatoms. The second kappa shape index (κ2) is 8.13. The lowest BCUT2D eigenvalue weighted by Gasteiger charge is -2.20. The fourth-order valence-electron chi connectivity index (χ4n) is 2.50. The van der Waals surface area contributed by atoms with Crippen molar-refractivity contribution in [3.05, 3.63) is 29.8 Å². The van der Waals surface area contributed by atoms with Gasteiger partial charge in [-0.3, -0.25) is 4.99 Å². The molecule has 0 aliphatic carbocycles. The lowest BCUT2D eigenvalue weighted by atomic mass is 10.1. The molecule has 0 saturated carbocycles. The van der Waals surface area contributed by atoms with Crippen molar-refractivity contribution in [2.24, 2.45) is 4.99 Å². The monoisotopic (exact) mass is 333 g/mol. The number of likely N-dealkylation sites (tertiary alicyclic amines) is 1. The van der Waals surface area contributed by atoms with Crippen molar-refractivity contribution in [2.75, 3.05) is 25.0 Å². The SMILES string of the molecule is CCN1CCC(SC2=NCc3ccccc3N2)C1.Cl.Cl. The number of nitrogens with zero attached hydrogens (tertiary/aromatic N) is 2. The van der Waals surface area contributed by atoms with Crippen LogP contribution in [0.3, 0.4) is 0 Å². The Morgan fingerprint density at radius 3 is 2.90 bits per heavy atom. The third-order valence-corrected chi connectivity index (χ3v) is 4.78. The van der Waals surface area contributed by atoms with Crippen molar-refractivity contribution in [1.29, 1.82) is 0 Å². The number of aliphatic imine (C=N–C) groups is 1. The van der Waals surface area contributed by atoms with E-state index in [1.54, 1.807) is 0 Å². The number of nitrogens with one attached hydrogen (secondary N) is 1. The Morgan fingerprint density at radius 1 is 1.35 bits per heavy atom. The lowest BCUT2D eigenvalue weighted by molar-refractivity contribution is 0.360. The van der Waals surface area contributed by atoms with Crippen molar-refractivity contribution in [2.45, 2.75) is 25.1 Å². The van der Waals surface area contributed by atoms with Crippen LogP contribution in [0.5, 0.6) is 0 Å². The van der Waals surface area contributed by atoms with E-state index in [1.807, 2.05) is 11.8 Å². The second-order valence-electron chi connectivity index (χ2n) is 4.83. The molecule has 1 N–H and O–H groups in total. The number of hydrogen-bond acceptors (Lipinski definition) is 4. The molecule has 1 fully saturated rings. The maximum atomic E-state index is 4.64. The standard InChI is InChI=1S/C14H19N3S.2ClH/c1-2-17-8-7-12(10-17)18-14-15-9-11-5-3-4-6-13(11)16-14;;/h3-6,12H,2,7-10H2,1H3,(H,15,16);2*1H. The molecule has 1 atom stereocenters. The average Bonchev–Trinajstić information content (AvgIpc) is 2.86. The summed E-state index contributed by atoms with van der Waals surface area (Å²) in [7, 11) is 0. The van der Waals surface area contributed by atoms with Gasteiger partial charge in [-0.2, -0.15) is 0 Å². The van der Waals surface area contributed by atoms with E-state index < -0.39 is 0 Å². The van der Waals surface area contributed by atoms with Crippen LogP contribution in [0.25, 0.3) is 0 Å². The Hall–Kier alpha value is -0.420. The smallest absolute Gasteiger partial charge is 0.161 e. The van der Waals surface area contributed by atoms with Crippen LogP contribution in [-0.2, 0) is 6.54 Å². The predicted octanol–water partition coefficient (Wildman–Crippen LogP) is 3.64. The summed E-state index contributed by atoms with van der Waals surface area (Å²) in [5.74, 6) is 0. The van der Waals surface area contributed by atoms with Crippen LogP contribution in [0.15, 0.2) is 29.3 Å². The molecule has 2 aliphatic rings. The minimum atomic E-state index is 0. The summed E-state index contributed by atoms with van der Waals surface area (Å²) in [6.07, 6.45) is 1.28. The summed E-state index contributed by atoms with van der Waals surface area (Å²) in [5.41, 5.74) is 2.52. The molecule has 0 amide bonds. The molecule has 0 bridgehead atoms. The zero-order valence-electron chi connectivity index (χ0n) is 11.5. The predicted molar refractivity (Wildman–Crippen MR) is 93.8 cm³/mol. The maximum absolute atomic E-state index is 4.64. The fraction of sp³-hybridized carbons (Fsp3) is 0.500. The van der Waals surface area contributed by atoms with Gasteiger partial charge in [0, 0.05) is 17.5 Å². The van der Waals surface area contributed by atoms with Crippen LogP contribution in [0.1, 0.15) is 18.9 Å². The molecule has 3 rings (SSSR count). The van der Waals surface area contributed by atoms with E-state index in [4.69, 9.17) is 0 Å². The minimum absolute atomic E-state index is 0. The summed E-state index contributed by atoms with van der Waals surface area (Å²) >= 11 is 1.91. The minimum Gasteiger partial charge on any atom is -0.335 e. The van der Waals surface area contributed by atoms with Crippen LogP contribution in [0.2, 0.25) is 0 Å². The zero-order chi connectivity index (χ0) is 12.4. The summed E-state index contributed by atoms with van der Waals surface area (Å²) in [6, 6.07) is 8.43. The van der Waals surface area contributed by atoms with Gasteiger partial charge in [-0.15, -0.1) is 24.8 Å². The van der Waals surface area contributed by atoms with Crippen LogP contribution in [0, 0.1) is 0 Å². The van der Waals surface area contributed by atoms with E-state index in [1.165, 1.54) is 37.3 Å². The lowest BCUT2D eigenvalue weighted by Crippen LogP contribution is -2.22. The van der Waals surface area contributed by atoms with Gasteiger partial charge in [0.2, 0.25) is 0 Å². The van der Waals surface area contributed by atoms with Crippen molar-refractivity contribution in [1.82, 2.24) is 4.90 Å². The highest BCUT2D eigenvalue weighted by molar-refractivity contribution is 8.14. The molecule has 112 valence electrons. The third-order valence-electron chi connectivity index (χ3n) is 3.61. The Morgan fingerprint density at radius 2 is 2.15 bits per heavy atom. The van der Waals surface area contributed by atoms with Gasteiger partial charge in [0.05, 0.1) is 6.54 Å². The van der Waals surface area contributed by atoms with Gasteiger partial charge in [-0.25, -0.2) is 0 Å². The van der Waals surface area contributed by atoms with E-state index in [9.17, 15) is 0 Å². The van der Waals surface area contributed by atoms with Crippen LogP contribution >= 0.6 is 36.6 Å². The topological polar surface area (TPSA) is 27.6 Å². The Bertz CT molecular complexity index is 467. The van der Waals surface area contributed by atoms with Crippen molar-refractivity contribution in [3.63, 3.8) is 0 Å². The Labute approximate surface area is 137 Å². The summed E-state index contributed by atoms with van der Waals surface area (Å²) < 4.78 is 0. The number of thioether (sulfide) groups is 1. The Kier molecular flexibility index (Phi) is 7.17. The number of benzene rings is 1. The number of amidine groups is 1. The summed E-state index contributed by atoms with van der Waals surface area (Å²) in [4.78, 5) is 7.14. The van der Waals surface area contributed by atoms with Gasteiger partial charge in [-0.1, -0.05) is 36.9 Å². The number of anilines is 1. The number of halogens is 2. The number of para-hydroxylation sites is 1. The maximum Gasteiger partial charge on any atom is 0.161 e. The number of fused-ring (bicyclic) bond motifs is 1. The number of hydrogen-bond donors (Lipinski definition) is 1. The van der Waals surface area contributed by atoms with Gasteiger partial charge in [0.1, 0.15) is 0 Å². The molecule has 0 radical (unpaired) electrons. The van der Waals surface area contributed by atoms with E-state index in [0.717, 1.165) is 11.7 Å².